The van der Waals surface area contributed by atoms with Gasteiger partial charge in [0.2, 0.25) is 5.24 Å². The second kappa shape index (κ2) is 20.5. The van der Waals surface area contributed by atoms with Gasteiger partial charge in [-0.1, -0.05) is 115 Å². The highest BCUT2D eigenvalue weighted by Crippen LogP contribution is 2.13. The third-order valence-corrected chi connectivity index (χ3v) is 4.57. The molecule has 0 aliphatic carbocycles. The fraction of sp³-hybridized carbons (Fsp3) is 0.773. The summed E-state index contributed by atoms with van der Waals surface area (Å²) in [7, 11) is 0. The first-order valence-corrected chi connectivity index (χ1v) is 10.7. The molecule has 0 aromatic heterocycles. The first-order chi connectivity index (χ1) is 11.8. The summed E-state index contributed by atoms with van der Waals surface area (Å²) < 4.78 is 0. The van der Waals surface area contributed by atoms with Crippen LogP contribution in [-0.2, 0) is 4.79 Å². The zero-order valence-electron chi connectivity index (χ0n) is 15.9. The molecular weight excluding hydrogens is 316 g/mol. The molecule has 0 aliphatic rings. The van der Waals surface area contributed by atoms with Gasteiger partial charge >= 0.3 is 0 Å². The summed E-state index contributed by atoms with van der Waals surface area (Å²) in [6.07, 6.45) is 29.2. The molecular formula is C22H39ClO. The van der Waals surface area contributed by atoms with Gasteiger partial charge in [-0.25, -0.2) is 0 Å². The molecule has 1 nitrogen and oxygen atoms in total. The van der Waals surface area contributed by atoms with Crippen LogP contribution >= 0.6 is 11.6 Å². The molecule has 0 saturated carbocycles. The van der Waals surface area contributed by atoms with Crippen LogP contribution in [0.15, 0.2) is 24.3 Å². The van der Waals surface area contributed by atoms with E-state index in [1.54, 1.807) is 6.08 Å². The smallest absolute Gasteiger partial charge is 0.245 e. The standard InChI is InChI=1S/C22H39ClO/c1-2-3-4-5-6-7-8-9-10-11-12-13-14-15-16-17-18-19-20-21-22(23)24/h18-21H,2-17H2,1H3. The lowest BCUT2D eigenvalue weighted by Gasteiger charge is -2.03. The fourth-order valence-electron chi connectivity index (χ4n) is 2.94. The van der Waals surface area contributed by atoms with E-state index in [0.29, 0.717) is 0 Å². The topological polar surface area (TPSA) is 17.1 Å². The summed E-state index contributed by atoms with van der Waals surface area (Å²) in [6, 6.07) is 0. The highest BCUT2D eigenvalue weighted by Gasteiger charge is 1.94. The van der Waals surface area contributed by atoms with Crippen LogP contribution in [0.1, 0.15) is 110 Å². The van der Waals surface area contributed by atoms with Crippen LogP contribution in [0.25, 0.3) is 0 Å². The Morgan fingerprint density at radius 3 is 1.50 bits per heavy atom. The Morgan fingerprint density at radius 1 is 0.667 bits per heavy atom. The summed E-state index contributed by atoms with van der Waals surface area (Å²) in [6.45, 7) is 2.28. The Morgan fingerprint density at radius 2 is 1.08 bits per heavy atom. The number of hydrogen-bond donors (Lipinski definition) is 0. The quantitative estimate of drug-likeness (QED) is 0.105. The summed E-state index contributed by atoms with van der Waals surface area (Å²) in [4.78, 5) is 10.5. The van der Waals surface area contributed by atoms with E-state index in [0.717, 1.165) is 6.42 Å². The molecule has 0 aliphatic heterocycles. The van der Waals surface area contributed by atoms with Crippen LogP contribution in [0.4, 0.5) is 0 Å². The molecule has 0 bridgehead atoms. The minimum Gasteiger partial charge on any atom is -0.276 e. The Labute approximate surface area is 155 Å². The highest BCUT2D eigenvalue weighted by molar-refractivity contribution is 6.66. The molecule has 0 atom stereocenters. The number of carbonyl (C=O) groups is 1. The molecule has 0 spiro atoms. The number of rotatable bonds is 18. The molecule has 0 fully saturated rings. The van der Waals surface area contributed by atoms with Crippen LogP contribution in [-0.4, -0.2) is 5.24 Å². The van der Waals surface area contributed by atoms with Crippen LogP contribution < -0.4 is 0 Å². The van der Waals surface area contributed by atoms with E-state index in [9.17, 15) is 4.79 Å². The molecule has 2 heteroatoms. The monoisotopic (exact) mass is 354 g/mol. The highest BCUT2D eigenvalue weighted by atomic mass is 35.5. The van der Waals surface area contributed by atoms with Crippen molar-refractivity contribution in [2.75, 3.05) is 0 Å². The van der Waals surface area contributed by atoms with E-state index < -0.39 is 5.24 Å². The van der Waals surface area contributed by atoms with Crippen molar-refractivity contribution in [1.82, 2.24) is 0 Å². The molecule has 0 radical (unpaired) electrons. The molecule has 0 N–H and O–H groups in total. The number of allylic oxidation sites excluding steroid dienone is 4. The van der Waals surface area contributed by atoms with E-state index in [2.05, 4.69) is 13.0 Å². The lowest BCUT2D eigenvalue weighted by molar-refractivity contribution is -0.107. The molecule has 0 aromatic carbocycles. The average molecular weight is 355 g/mol. The van der Waals surface area contributed by atoms with Crippen LogP contribution in [0.5, 0.6) is 0 Å². The molecule has 0 rings (SSSR count). The largest absolute Gasteiger partial charge is 0.276 e. The third kappa shape index (κ3) is 21.4. The van der Waals surface area contributed by atoms with Crippen molar-refractivity contribution >= 4 is 16.8 Å². The van der Waals surface area contributed by atoms with Crippen molar-refractivity contribution in [3.63, 3.8) is 0 Å². The second-order valence-electron chi connectivity index (χ2n) is 6.83. The minimum absolute atomic E-state index is 0.411. The van der Waals surface area contributed by atoms with Gasteiger partial charge in [0.15, 0.2) is 0 Å². The summed E-state index contributed by atoms with van der Waals surface area (Å²) in [5.74, 6) is 0. The Bertz CT molecular complexity index is 320. The Kier molecular flexibility index (Phi) is 20.0. The average Bonchev–Trinajstić information content (AvgIpc) is 2.56. The summed E-state index contributed by atoms with van der Waals surface area (Å²) in [5.41, 5.74) is 0. The van der Waals surface area contributed by atoms with Crippen LogP contribution in [0.2, 0.25) is 0 Å². The minimum atomic E-state index is -0.411. The van der Waals surface area contributed by atoms with Gasteiger partial charge in [0.25, 0.3) is 0 Å². The molecule has 0 unspecified atom stereocenters. The van der Waals surface area contributed by atoms with E-state index in [-0.39, 0.29) is 0 Å². The lowest BCUT2D eigenvalue weighted by Crippen LogP contribution is -1.83. The van der Waals surface area contributed by atoms with E-state index in [1.165, 1.54) is 102 Å². The predicted octanol–water partition coefficient (Wildman–Crippen LogP) is 8.13. The van der Waals surface area contributed by atoms with Crippen molar-refractivity contribution in [3.8, 4) is 0 Å². The maximum atomic E-state index is 10.5. The second-order valence-corrected chi connectivity index (χ2v) is 7.20. The maximum Gasteiger partial charge on any atom is 0.245 e. The molecule has 0 saturated heterocycles. The number of carbonyl (C=O) groups excluding carboxylic acids is 1. The maximum absolute atomic E-state index is 10.5. The first-order valence-electron chi connectivity index (χ1n) is 10.3. The Balaban J connectivity index is 3.09. The summed E-state index contributed by atoms with van der Waals surface area (Å²) >= 11 is 5.20. The Hall–Kier alpha value is -0.560. The number of halogens is 1. The van der Waals surface area contributed by atoms with Crippen molar-refractivity contribution in [3.05, 3.63) is 24.3 Å². The van der Waals surface area contributed by atoms with Gasteiger partial charge < -0.3 is 0 Å². The van der Waals surface area contributed by atoms with Crippen molar-refractivity contribution in [1.29, 1.82) is 0 Å². The molecule has 0 heterocycles. The van der Waals surface area contributed by atoms with Crippen LogP contribution in [0.3, 0.4) is 0 Å². The zero-order valence-corrected chi connectivity index (χ0v) is 16.7. The van der Waals surface area contributed by atoms with Gasteiger partial charge in [0.05, 0.1) is 0 Å². The van der Waals surface area contributed by atoms with E-state index >= 15 is 0 Å². The van der Waals surface area contributed by atoms with E-state index in [1.807, 2.05) is 6.08 Å². The number of hydrogen-bond acceptors (Lipinski definition) is 1. The molecule has 140 valence electrons. The molecule has 0 amide bonds. The van der Waals surface area contributed by atoms with E-state index in [4.69, 9.17) is 11.6 Å². The van der Waals surface area contributed by atoms with Crippen molar-refractivity contribution < 1.29 is 4.79 Å². The van der Waals surface area contributed by atoms with Gasteiger partial charge in [0, 0.05) is 0 Å². The molecule has 0 aromatic rings. The van der Waals surface area contributed by atoms with Gasteiger partial charge in [-0.05, 0) is 30.5 Å². The predicted molar refractivity (Wildman–Crippen MR) is 109 cm³/mol. The van der Waals surface area contributed by atoms with Crippen LogP contribution in [0, 0.1) is 0 Å². The number of unbranched alkanes of at least 4 members (excludes halogenated alkanes) is 15. The van der Waals surface area contributed by atoms with Gasteiger partial charge in [-0.2, -0.15) is 0 Å². The van der Waals surface area contributed by atoms with Gasteiger partial charge in [-0.3, -0.25) is 4.79 Å². The SMILES string of the molecule is CCCCCCCCCCCCCCCCCC=CC=CC(=O)Cl. The van der Waals surface area contributed by atoms with Crippen molar-refractivity contribution in [2.24, 2.45) is 0 Å². The first kappa shape index (κ1) is 23.4. The lowest BCUT2D eigenvalue weighted by atomic mass is 10.0. The summed E-state index contributed by atoms with van der Waals surface area (Å²) in [5, 5.41) is -0.411. The normalized spacial score (nSPS) is 11.8. The molecule has 24 heavy (non-hydrogen) atoms. The van der Waals surface area contributed by atoms with Gasteiger partial charge in [-0.15, -0.1) is 0 Å². The fourth-order valence-corrected chi connectivity index (χ4v) is 3.01. The zero-order chi connectivity index (χ0) is 17.7. The third-order valence-electron chi connectivity index (χ3n) is 4.45. The van der Waals surface area contributed by atoms with Crippen molar-refractivity contribution in [2.45, 2.75) is 110 Å². The van der Waals surface area contributed by atoms with Gasteiger partial charge in [0.1, 0.15) is 0 Å².